The monoisotopic (exact) mass is 560 g/mol. The molecule has 0 aliphatic heterocycles. The molecule has 1 N–H and O–H groups in total. The lowest BCUT2D eigenvalue weighted by Crippen LogP contribution is -2.33. The molecule has 5 aromatic rings. The number of aromatic nitrogens is 5. The molecule has 3 heterocycles. The van der Waals surface area contributed by atoms with Crippen molar-refractivity contribution in [1.82, 2.24) is 30.0 Å². The molecule has 38 heavy (non-hydrogen) atoms. The standard InChI is InChI=1S/C28H25ClN6OS2/c1-19(11-12-20-7-3-2-4-8-20)31-27(36)23-17-37-25(32-23)18-38-28-34-33-26(21-13-15-30-16-14-21)35(28)24-10-6-5-9-22(24)29/h2-10,13-17,19H,11-12,18H2,1H3,(H,31,36). The minimum Gasteiger partial charge on any atom is -0.348 e. The minimum absolute atomic E-state index is 0.0445. The second kappa shape index (κ2) is 12.3. The molecule has 3 aromatic heterocycles. The molecule has 5 rings (SSSR count). The molecule has 0 aliphatic rings. The largest absolute Gasteiger partial charge is 0.348 e. The van der Waals surface area contributed by atoms with Crippen LogP contribution in [0, 0.1) is 0 Å². The van der Waals surface area contributed by atoms with E-state index in [-0.39, 0.29) is 11.9 Å². The van der Waals surface area contributed by atoms with E-state index in [2.05, 4.69) is 37.6 Å². The Labute approximate surface area is 234 Å². The third kappa shape index (κ3) is 6.30. The number of halogens is 1. The lowest BCUT2D eigenvalue weighted by molar-refractivity contribution is 0.0934. The highest BCUT2D eigenvalue weighted by molar-refractivity contribution is 7.98. The number of pyridine rings is 1. The molecule has 1 amide bonds. The van der Waals surface area contributed by atoms with Crippen molar-refractivity contribution in [2.75, 3.05) is 0 Å². The van der Waals surface area contributed by atoms with Gasteiger partial charge in [0.25, 0.3) is 5.91 Å². The first-order valence-corrected chi connectivity index (χ1v) is 14.4. The van der Waals surface area contributed by atoms with Gasteiger partial charge in [-0.3, -0.25) is 14.3 Å². The summed E-state index contributed by atoms with van der Waals surface area (Å²) in [5.74, 6) is 1.06. The van der Waals surface area contributed by atoms with Crippen LogP contribution in [0.1, 0.15) is 34.4 Å². The van der Waals surface area contributed by atoms with E-state index in [9.17, 15) is 4.79 Å². The van der Waals surface area contributed by atoms with E-state index in [0.29, 0.717) is 27.5 Å². The first-order valence-electron chi connectivity index (χ1n) is 12.1. The van der Waals surface area contributed by atoms with Crippen molar-refractivity contribution in [2.24, 2.45) is 0 Å². The highest BCUT2D eigenvalue weighted by Gasteiger charge is 2.19. The Hall–Kier alpha value is -3.53. The van der Waals surface area contributed by atoms with Gasteiger partial charge in [-0.15, -0.1) is 21.5 Å². The number of nitrogens with one attached hydrogen (secondary N) is 1. The normalized spacial score (nSPS) is 11.8. The Kier molecular flexibility index (Phi) is 8.47. The number of benzene rings is 2. The average Bonchev–Trinajstić information content (AvgIpc) is 3.60. The maximum absolute atomic E-state index is 12.8. The maximum atomic E-state index is 12.8. The molecule has 10 heteroatoms. The van der Waals surface area contributed by atoms with Crippen LogP contribution in [0.5, 0.6) is 0 Å². The topological polar surface area (TPSA) is 85.6 Å². The Balaban J connectivity index is 1.26. The summed E-state index contributed by atoms with van der Waals surface area (Å²) >= 11 is 9.50. The van der Waals surface area contributed by atoms with Gasteiger partial charge in [0.15, 0.2) is 11.0 Å². The second-order valence-corrected chi connectivity index (χ2v) is 10.9. The number of thiazole rings is 1. The number of thioether (sulfide) groups is 1. The number of para-hydroxylation sites is 1. The highest BCUT2D eigenvalue weighted by atomic mass is 35.5. The van der Waals surface area contributed by atoms with Gasteiger partial charge in [0, 0.05) is 29.4 Å². The van der Waals surface area contributed by atoms with Gasteiger partial charge in [-0.2, -0.15) is 0 Å². The Morgan fingerprint density at radius 3 is 2.61 bits per heavy atom. The zero-order chi connectivity index (χ0) is 26.3. The van der Waals surface area contributed by atoms with E-state index in [1.807, 2.05) is 66.1 Å². The number of nitrogens with zero attached hydrogens (tertiary/aromatic N) is 5. The van der Waals surface area contributed by atoms with Crippen LogP contribution in [-0.4, -0.2) is 36.7 Å². The fourth-order valence-electron chi connectivity index (χ4n) is 3.91. The van der Waals surface area contributed by atoms with Gasteiger partial charge in [-0.1, -0.05) is 65.8 Å². The average molecular weight is 561 g/mol. The van der Waals surface area contributed by atoms with Crippen molar-refractivity contribution in [3.63, 3.8) is 0 Å². The van der Waals surface area contributed by atoms with E-state index < -0.39 is 0 Å². The smallest absolute Gasteiger partial charge is 0.270 e. The summed E-state index contributed by atoms with van der Waals surface area (Å²) in [5.41, 5.74) is 3.37. The molecule has 0 saturated heterocycles. The Morgan fingerprint density at radius 2 is 1.82 bits per heavy atom. The van der Waals surface area contributed by atoms with Crippen LogP contribution < -0.4 is 5.32 Å². The molecule has 192 valence electrons. The van der Waals surface area contributed by atoms with Crippen LogP contribution in [0.25, 0.3) is 17.1 Å². The van der Waals surface area contributed by atoms with Gasteiger partial charge in [-0.05, 0) is 49.6 Å². The van der Waals surface area contributed by atoms with Crippen LogP contribution in [0.15, 0.2) is 89.7 Å². The number of hydrogen-bond donors (Lipinski definition) is 1. The fourth-order valence-corrected chi connectivity index (χ4v) is 5.86. The van der Waals surface area contributed by atoms with Crippen molar-refractivity contribution in [3.8, 4) is 17.1 Å². The van der Waals surface area contributed by atoms with E-state index in [1.165, 1.54) is 28.7 Å². The van der Waals surface area contributed by atoms with Crippen LogP contribution in [0.2, 0.25) is 5.02 Å². The first kappa shape index (κ1) is 26.1. The van der Waals surface area contributed by atoms with Gasteiger partial charge >= 0.3 is 0 Å². The third-order valence-corrected chi connectivity index (χ3v) is 8.15. The van der Waals surface area contributed by atoms with Crippen LogP contribution in [0.4, 0.5) is 0 Å². The molecule has 0 fully saturated rings. The van der Waals surface area contributed by atoms with Crippen molar-refractivity contribution >= 4 is 40.6 Å². The quantitative estimate of drug-likeness (QED) is 0.197. The van der Waals surface area contributed by atoms with Gasteiger partial charge in [0.2, 0.25) is 0 Å². The Bertz CT molecular complexity index is 1510. The van der Waals surface area contributed by atoms with Gasteiger partial charge in [0.05, 0.1) is 16.5 Å². The lowest BCUT2D eigenvalue weighted by Gasteiger charge is -2.13. The highest BCUT2D eigenvalue weighted by Crippen LogP contribution is 2.32. The van der Waals surface area contributed by atoms with Crippen molar-refractivity contribution in [1.29, 1.82) is 0 Å². The van der Waals surface area contributed by atoms with Crippen molar-refractivity contribution < 1.29 is 4.79 Å². The summed E-state index contributed by atoms with van der Waals surface area (Å²) in [4.78, 5) is 21.5. The number of hydrogen-bond acceptors (Lipinski definition) is 7. The molecule has 0 bridgehead atoms. The second-order valence-electron chi connectivity index (χ2n) is 8.64. The fraction of sp³-hybridized carbons (Fsp3) is 0.179. The SMILES string of the molecule is CC(CCc1ccccc1)NC(=O)c1csc(CSc2nnc(-c3ccncc3)n2-c2ccccc2Cl)n1. The van der Waals surface area contributed by atoms with Crippen molar-refractivity contribution in [3.05, 3.63) is 106 Å². The van der Waals surface area contributed by atoms with Crippen LogP contribution in [-0.2, 0) is 12.2 Å². The third-order valence-electron chi connectivity index (χ3n) is 5.86. The predicted octanol–water partition coefficient (Wildman–Crippen LogP) is 6.48. The number of aryl methyl sites for hydroxylation is 1. The number of rotatable bonds is 10. The van der Waals surface area contributed by atoms with Crippen molar-refractivity contribution in [2.45, 2.75) is 36.7 Å². The van der Waals surface area contributed by atoms with E-state index in [0.717, 1.165) is 29.1 Å². The number of carbonyl (C=O) groups excluding carboxylic acids is 1. The van der Waals surface area contributed by atoms with E-state index in [4.69, 9.17) is 11.6 Å². The summed E-state index contributed by atoms with van der Waals surface area (Å²) in [6, 6.07) is 21.7. The first-order chi connectivity index (χ1) is 18.6. The molecular weight excluding hydrogens is 536 g/mol. The summed E-state index contributed by atoms with van der Waals surface area (Å²) in [5, 5.41) is 15.9. The molecular formula is C28H25ClN6OS2. The molecule has 1 atom stereocenters. The summed E-state index contributed by atoms with van der Waals surface area (Å²) in [6.07, 6.45) is 5.21. The molecule has 7 nitrogen and oxygen atoms in total. The maximum Gasteiger partial charge on any atom is 0.270 e. The minimum atomic E-state index is -0.155. The summed E-state index contributed by atoms with van der Waals surface area (Å²) in [6.45, 7) is 2.02. The molecule has 0 aliphatic carbocycles. The van der Waals surface area contributed by atoms with Gasteiger partial charge in [-0.25, -0.2) is 4.98 Å². The van der Waals surface area contributed by atoms with E-state index >= 15 is 0 Å². The van der Waals surface area contributed by atoms with Gasteiger partial charge < -0.3 is 5.32 Å². The van der Waals surface area contributed by atoms with Gasteiger partial charge in [0.1, 0.15) is 10.7 Å². The summed E-state index contributed by atoms with van der Waals surface area (Å²) in [7, 11) is 0. The van der Waals surface area contributed by atoms with Crippen LogP contribution in [0.3, 0.4) is 0 Å². The molecule has 0 radical (unpaired) electrons. The van der Waals surface area contributed by atoms with Crippen LogP contribution >= 0.6 is 34.7 Å². The number of carbonyl (C=O) groups is 1. The molecule has 1 unspecified atom stereocenters. The zero-order valence-electron chi connectivity index (χ0n) is 20.6. The van der Waals surface area contributed by atoms with E-state index in [1.54, 1.807) is 17.8 Å². The summed E-state index contributed by atoms with van der Waals surface area (Å²) < 4.78 is 1.94. The number of amides is 1. The predicted molar refractivity (Wildman–Crippen MR) is 153 cm³/mol. The zero-order valence-corrected chi connectivity index (χ0v) is 23.0. The molecule has 0 spiro atoms. The molecule has 0 saturated carbocycles. The Morgan fingerprint density at radius 1 is 1.05 bits per heavy atom. The molecule has 2 aromatic carbocycles. The lowest BCUT2D eigenvalue weighted by atomic mass is 10.1.